The van der Waals surface area contributed by atoms with Crippen molar-refractivity contribution in [1.82, 2.24) is 14.5 Å². The second kappa shape index (κ2) is 15.3. The fourth-order valence-corrected chi connectivity index (χ4v) is 3.84. The lowest BCUT2D eigenvalue weighted by molar-refractivity contribution is -0.134. The highest BCUT2D eigenvalue weighted by Gasteiger charge is 2.15. The molecule has 2 aromatic carbocycles. The lowest BCUT2D eigenvalue weighted by Crippen LogP contribution is -2.27. The molecule has 0 bridgehead atoms. The Balaban J connectivity index is 0.000000611. The number of ether oxygens (including phenoxy) is 3. The molecule has 3 rings (SSSR count). The van der Waals surface area contributed by atoms with E-state index in [2.05, 4.69) is 4.90 Å². The van der Waals surface area contributed by atoms with Gasteiger partial charge in [0.15, 0.2) is 0 Å². The molecule has 1 aromatic heterocycles. The first-order valence-electron chi connectivity index (χ1n) is 12.6. The molecular formula is C29H37N3O8. The molecule has 216 valence electrons. The minimum Gasteiger partial charge on any atom is -0.497 e. The molecular weight excluding hydrogens is 518 g/mol. The SMILES string of the molecule is COc1ccc(OC)c(Cc2nc3ccc(OC(C)C)cc3c(=O)n2CCCN(C)C)c1.O=C(O)C=CC(=O)O. The molecule has 11 nitrogen and oxygen atoms in total. The number of fused-ring (bicyclic) bond motifs is 1. The number of hydrogen-bond donors (Lipinski definition) is 2. The van der Waals surface area contributed by atoms with Crippen LogP contribution in [0.4, 0.5) is 0 Å². The zero-order chi connectivity index (χ0) is 29.8. The molecule has 0 amide bonds. The smallest absolute Gasteiger partial charge is 0.328 e. The van der Waals surface area contributed by atoms with Crippen LogP contribution in [0.2, 0.25) is 0 Å². The largest absolute Gasteiger partial charge is 0.497 e. The van der Waals surface area contributed by atoms with Gasteiger partial charge in [-0.3, -0.25) is 9.36 Å². The molecule has 0 aliphatic rings. The molecule has 0 spiro atoms. The third-order valence-electron chi connectivity index (χ3n) is 5.57. The minimum atomic E-state index is -1.26. The van der Waals surface area contributed by atoms with Gasteiger partial charge in [0.2, 0.25) is 0 Å². The standard InChI is InChI=1S/C25H33N3O4.C4H4O4/c1-17(2)32-20-8-10-22-21(16-20)25(29)28(13-7-12-27(3)4)24(26-22)15-18-14-19(30-5)9-11-23(18)31-6;5-3(6)1-2-4(7)8/h8-11,14,16-17H,7,12-13,15H2,1-6H3;1-2H,(H,5,6)(H,7,8). The van der Waals surface area contributed by atoms with E-state index in [1.54, 1.807) is 24.9 Å². The summed E-state index contributed by atoms with van der Waals surface area (Å²) in [5, 5.41) is 16.2. The number of benzene rings is 2. The van der Waals surface area contributed by atoms with E-state index in [9.17, 15) is 14.4 Å². The summed E-state index contributed by atoms with van der Waals surface area (Å²) in [6.07, 6.45) is 2.44. The monoisotopic (exact) mass is 555 g/mol. The average molecular weight is 556 g/mol. The number of carboxylic acid groups (broad SMARTS) is 2. The quantitative estimate of drug-likeness (QED) is 0.319. The van der Waals surface area contributed by atoms with Crippen molar-refractivity contribution in [2.45, 2.75) is 39.3 Å². The molecule has 1 heterocycles. The maximum absolute atomic E-state index is 13.5. The molecule has 11 heteroatoms. The number of carboxylic acids is 2. The fourth-order valence-electron chi connectivity index (χ4n) is 3.84. The Morgan fingerprint density at radius 2 is 1.65 bits per heavy atom. The van der Waals surface area contributed by atoms with Crippen LogP contribution >= 0.6 is 0 Å². The lowest BCUT2D eigenvalue weighted by atomic mass is 10.1. The van der Waals surface area contributed by atoms with Crippen LogP contribution in [0.25, 0.3) is 10.9 Å². The first kappa shape index (κ1) is 31.8. The van der Waals surface area contributed by atoms with E-state index >= 15 is 0 Å². The van der Waals surface area contributed by atoms with Crippen molar-refractivity contribution < 1.29 is 34.0 Å². The van der Waals surface area contributed by atoms with Crippen molar-refractivity contribution in [2.75, 3.05) is 34.9 Å². The van der Waals surface area contributed by atoms with E-state index in [1.165, 1.54) is 0 Å². The van der Waals surface area contributed by atoms with Crippen LogP contribution in [-0.4, -0.2) is 77.6 Å². The van der Waals surface area contributed by atoms with Crippen molar-refractivity contribution in [3.05, 3.63) is 70.3 Å². The van der Waals surface area contributed by atoms with Crippen molar-refractivity contribution in [3.63, 3.8) is 0 Å². The van der Waals surface area contributed by atoms with Gasteiger partial charge in [0.05, 0.1) is 31.2 Å². The number of rotatable bonds is 12. The van der Waals surface area contributed by atoms with Crippen LogP contribution in [0.3, 0.4) is 0 Å². The number of aromatic nitrogens is 2. The van der Waals surface area contributed by atoms with Gasteiger partial charge < -0.3 is 29.3 Å². The summed E-state index contributed by atoms with van der Waals surface area (Å²) in [6.45, 7) is 5.39. The van der Waals surface area contributed by atoms with Crippen LogP contribution < -0.4 is 19.8 Å². The summed E-state index contributed by atoms with van der Waals surface area (Å²) in [5.74, 6) is 0.331. The molecule has 3 aromatic rings. The Bertz CT molecular complexity index is 1380. The summed E-state index contributed by atoms with van der Waals surface area (Å²) in [7, 11) is 7.32. The molecule has 0 radical (unpaired) electrons. The van der Waals surface area contributed by atoms with E-state index < -0.39 is 11.9 Å². The first-order chi connectivity index (χ1) is 18.9. The summed E-state index contributed by atoms with van der Waals surface area (Å²) >= 11 is 0. The van der Waals surface area contributed by atoms with Gasteiger partial charge in [-0.15, -0.1) is 0 Å². The van der Waals surface area contributed by atoms with Gasteiger partial charge >= 0.3 is 11.9 Å². The lowest BCUT2D eigenvalue weighted by Gasteiger charge is -2.17. The Morgan fingerprint density at radius 3 is 2.20 bits per heavy atom. The normalized spacial score (nSPS) is 11.0. The number of hydrogen-bond acceptors (Lipinski definition) is 8. The maximum Gasteiger partial charge on any atom is 0.328 e. The van der Waals surface area contributed by atoms with Crippen molar-refractivity contribution in [2.24, 2.45) is 0 Å². The predicted molar refractivity (Wildman–Crippen MR) is 152 cm³/mol. The van der Waals surface area contributed by atoms with Gasteiger partial charge in [0.1, 0.15) is 23.1 Å². The molecule has 40 heavy (non-hydrogen) atoms. The predicted octanol–water partition coefficient (Wildman–Crippen LogP) is 3.46. The van der Waals surface area contributed by atoms with Gasteiger partial charge in [-0.2, -0.15) is 0 Å². The molecule has 0 unspecified atom stereocenters. The van der Waals surface area contributed by atoms with Crippen molar-refractivity contribution >= 4 is 22.8 Å². The third-order valence-corrected chi connectivity index (χ3v) is 5.57. The topological polar surface area (TPSA) is 140 Å². The Hall–Kier alpha value is -4.38. The zero-order valence-electron chi connectivity index (χ0n) is 23.7. The maximum atomic E-state index is 13.5. The van der Waals surface area contributed by atoms with Crippen LogP contribution in [-0.2, 0) is 22.6 Å². The molecule has 0 saturated heterocycles. The van der Waals surface area contributed by atoms with Gasteiger partial charge in [-0.25, -0.2) is 14.6 Å². The average Bonchev–Trinajstić information content (AvgIpc) is 2.89. The summed E-state index contributed by atoms with van der Waals surface area (Å²) in [5.41, 5.74) is 1.52. The van der Waals surface area contributed by atoms with Crippen molar-refractivity contribution in [1.29, 1.82) is 0 Å². The van der Waals surface area contributed by atoms with E-state index in [0.717, 1.165) is 30.0 Å². The number of aliphatic carboxylic acids is 2. The fraction of sp³-hybridized carbons (Fsp3) is 0.379. The van der Waals surface area contributed by atoms with E-state index in [0.29, 0.717) is 47.6 Å². The number of methoxy groups -OCH3 is 2. The van der Waals surface area contributed by atoms with E-state index in [-0.39, 0.29) is 11.7 Å². The van der Waals surface area contributed by atoms with Crippen LogP contribution in [0.1, 0.15) is 31.7 Å². The zero-order valence-corrected chi connectivity index (χ0v) is 23.7. The summed E-state index contributed by atoms with van der Waals surface area (Å²) < 4.78 is 18.5. The second-order valence-corrected chi connectivity index (χ2v) is 9.35. The minimum absolute atomic E-state index is 0.0301. The van der Waals surface area contributed by atoms with Gasteiger partial charge in [-0.1, -0.05) is 0 Å². The van der Waals surface area contributed by atoms with Crippen molar-refractivity contribution in [3.8, 4) is 17.2 Å². The number of nitrogens with zero attached hydrogens (tertiary/aromatic N) is 3. The Labute approximate surface area is 233 Å². The highest BCUT2D eigenvalue weighted by atomic mass is 16.5. The van der Waals surface area contributed by atoms with E-state index in [4.69, 9.17) is 29.4 Å². The van der Waals surface area contributed by atoms with Gasteiger partial charge in [0, 0.05) is 30.7 Å². The molecule has 0 saturated carbocycles. The van der Waals surface area contributed by atoms with Crippen LogP contribution in [0.5, 0.6) is 17.2 Å². The highest BCUT2D eigenvalue weighted by Crippen LogP contribution is 2.27. The third kappa shape index (κ3) is 9.73. The molecule has 2 N–H and O–H groups in total. The molecule has 0 fully saturated rings. The Morgan fingerprint density at radius 1 is 1.00 bits per heavy atom. The second-order valence-electron chi connectivity index (χ2n) is 9.35. The highest BCUT2D eigenvalue weighted by molar-refractivity contribution is 5.89. The summed E-state index contributed by atoms with van der Waals surface area (Å²) in [4.78, 5) is 39.6. The first-order valence-corrected chi connectivity index (χ1v) is 12.6. The number of carbonyl (C=O) groups is 2. The Kier molecular flexibility index (Phi) is 12.2. The van der Waals surface area contributed by atoms with Crippen LogP contribution in [0, 0.1) is 0 Å². The molecule has 0 atom stereocenters. The van der Waals surface area contributed by atoms with Crippen LogP contribution in [0.15, 0.2) is 53.3 Å². The van der Waals surface area contributed by atoms with Gasteiger partial charge in [-0.05, 0) is 77.3 Å². The molecule has 0 aliphatic heterocycles. The van der Waals surface area contributed by atoms with Gasteiger partial charge in [0.25, 0.3) is 5.56 Å². The summed E-state index contributed by atoms with van der Waals surface area (Å²) in [6, 6.07) is 11.2. The van der Waals surface area contributed by atoms with E-state index in [1.807, 2.05) is 58.3 Å². The molecule has 0 aliphatic carbocycles.